The molecule has 3 saturated heterocycles. The van der Waals surface area contributed by atoms with Gasteiger partial charge in [-0.3, -0.25) is 44.4 Å². The number of para-hydroxylation sites is 1. The number of nitrogens with zero attached hydrogens (tertiary/aromatic N) is 8. The van der Waals surface area contributed by atoms with Gasteiger partial charge < -0.3 is 19.9 Å². The van der Waals surface area contributed by atoms with Crippen molar-refractivity contribution in [1.29, 1.82) is 0 Å². The highest BCUT2D eigenvalue weighted by atomic mass is 19.1. The van der Waals surface area contributed by atoms with E-state index in [0.717, 1.165) is 16.2 Å². The molecule has 0 aliphatic carbocycles. The Morgan fingerprint density at radius 2 is 1.67 bits per heavy atom. The lowest BCUT2D eigenvalue weighted by molar-refractivity contribution is -0.136. The van der Waals surface area contributed by atoms with E-state index in [1.54, 1.807) is 47.3 Å². The summed E-state index contributed by atoms with van der Waals surface area (Å²) in [5.74, 6) is -1.93. The van der Waals surface area contributed by atoms with Crippen LogP contribution in [0.5, 0.6) is 0 Å². The molecule has 346 valence electrons. The maximum absolute atomic E-state index is 14.3. The average molecular weight is 912 g/mol. The van der Waals surface area contributed by atoms with Gasteiger partial charge in [0.2, 0.25) is 23.7 Å². The molecule has 0 bridgehead atoms. The number of rotatable bonds is 13. The van der Waals surface area contributed by atoms with E-state index in [4.69, 9.17) is 19.8 Å². The second kappa shape index (κ2) is 19.2. The van der Waals surface area contributed by atoms with Crippen LogP contribution in [0.25, 0.3) is 16.9 Å². The summed E-state index contributed by atoms with van der Waals surface area (Å²) in [6.45, 7) is 6.08. The summed E-state index contributed by atoms with van der Waals surface area (Å²) in [7, 11) is 1.65. The van der Waals surface area contributed by atoms with Gasteiger partial charge in [-0.15, -0.1) is 0 Å². The normalized spacial score (nSPS) is 19.7. The SMILES string of the molecule is COCCN1C[C@@H](NC(=O)Nc2c(C)c(-c3cnc(N4CCN(C(=O)CCc5cccc6c5C(=O)N(C5CCC(=O)NC5=O)C6=O)CC4)nc3)nn2-c2ccccc2)[C@H](c2cccc(F)c2)C1. The van der Waals surface area contributed by atoms with Crippen molar-refractivity contribution in [1.82, 2.24) is 45.1 Å². The fraction of sp³-hybridized carbons (Fsp3) is 0.354. The number of carbonyl (C=O) groups is 6. The van der Waals surface area contributed by atoms with Crippen molar-refractivity contribution in [2.75, 3.05) is 69.7 Å². The number of methoxy groups -OCH3 is 1. The van der Waals surface area contributed by atoms with Gasteiger partial charge in [0.15, 0.2) is 0 Å². The van der Waals surface area contributed by atoms with E-state index < -0.39 is 35.7 Å². The first-order valence-electron chi connectivity index (χ1n) is 22.3. The van der Waals surface area contributed by atoms with Crippen molar-refractivity contribution in [2.24, 2.45) is 0 Å². The Bertz CT molecular complexity index is 2720. The fourth-order valence-corrected chi connectivity index (χ4v) is 9.45. The number of carbonyl (C=O) groups excluding carboxylic acids is 6. The lowest BCUT2D eigenvalue weighted by Gasteiger charge is -2.34. The number of fused-ring (bicyclic) bond motifs is 1. The van der Waals surface area contributed by atoms with E-state index in [1.807, 2.05) is 48.2 Å². The monoisotopic (exact) mass is 911 g/mol. The van der Waals surface area contributed by atoms with Crippen LogP contribution in [-0.4, -0.2) is 142 Å². The Morgan fingerprint density at radius 1 is 0.910 bits per heavy atom. The maximum atomic E-state index is 14.3. The number of ether oxygens (including phenoxy) is 1. The molecule has 2 aromatic heterocycles. The second-order valence-corrected chi connectivity index (χ2v) is 17.1. The van der Waals surface area contributed by atoms with Gasteiger partial charge >= 0.3 is 6.03 Å². The van der Waals surface area contributed by atoms with Crippen molar-refractivity contribution in [3.05, 3.63) is 119 Å². The molecular formula is C48H50FN11O7. The average Bonchev–Trinajstić information content (AvgIpc) is 3.97. The van der Waals surface area contributed by atoms with E-state index in [-0.39, 0.29) is 60.5 Å². The minimum absolute atomic E-state index is 0.0266. The number of anilines is 2. The van der Waals surface area contributed by atoms with Gasteiger partial charge in [0.05, 0.1) is 29.5 Å². The first-order chi connectivity index (χ1) is 32.5. The van der Waals surface area contributed by atoms with Crippen LogP contribution in [-0.2, 0) is 25.5 Å². The van der Waals surface area contributed by atoms with Crippen LogP contribution < -0.4 is 20.9 Å². The third-order valence-electron chi connectivity index (χ3n) is 12.9. The van der Waals surface area contributed by atoms with Gasteiger partial charge in [-0.05, 0) is 61.2 Å². The van der Waals surface area contributed by atoms with Gasteiger partial charge in [0.1, 0.15) is 23.4 Å². The number of hydrogen-bond donors (Lipinski definition) is 3. The highest BCUT2D eigenvalue weighted by Crippen LogP contribution is 2.33. The Morgan fingerprint density at radius 3 is 2.40 bits per heavy atom. The van der Waals surface area contributed by atoms with Crippen LogP contribution in [0.15, 0.2) is 85.2 Å². The zero-order valence-corrected chi connectivity index (χ0v) is 37.1. The molecule has 3 atom stereocenters. The molecule has 67 heavy (non-hydrogen) atoms. The predicted molar refractivity (Wildman–Crippen MR) is 243 cm³/mol. The second-order valence-electron chi connectivity index (χ2n) is 17.1. The number of likely N-dealkylation sites (tertiary alicyclic amines) is 1. The smallest absolute Gasteiger partial charge is 0.320 e. The van der Waals surface area contributed by atoms with Crippen LogP contribution in [0, 0.1) is 12.7 Å². The number of amides is 7. The van der Waals surface area contributed by atoms with Crippen molar-refractivity contribution in [3.8, 4) is 16.9 Å². The van der Waals surface area contributed by atoms with Crippen LogP contribution in [0.2, 0.25) is 0 Å². The summed E-state index contributed by atoms with van der Waals surface area (Å²) in [4.78, 5) is 94.6. The minimum Gasteiger partial charge on any atom is -0.383 e. The number of imide groups is 2. The molecule has 0 spiro atoms. The number of nitrogens with one attached hydrogen (secondary N) is 3. The number of piperidine rings is 1. The van der Waals surface area contributed by atoms with Gasteiger partial charge in [-0.25, -0.2) is 23.8 Å². The van der Waals surface area contributed by atoms with Crippen LogP contribution in [0.4, 0.5) is 21.0 Å². The minimum atomic E-state index is -1.07. The van der Waals surface area contributed by atoms with Gasteiger partial charge in [0.25, 0.3) is 11.8 Å². The molecule has 3 aromatic carbocycles. The molecule has 7 amide bonds. The molecule has 6 heterocycles. The standard InChI is InChI=1S/C48H50FN11O7/c1-29-42(55-60(34-11-4-3-5-12-34)43(29)54-48(66)52-37-28-56(22-23-67-2)27-36(37)31-9-6-10-33(49)24-31)32-25-50-47(51-26-32)58-20-18-57(19-21-58)40(62)17-14-30-8-7-13-35-41(30)46(65)59(45(35)64)38-15-16-39(61)53-44(38)63/h3-13,24-26,36-38H,14-23,27-28H2,1-2H3,(H2,52,54,66)(H,53,61,63)/t36-,37+,38?/m0/s1. The van der Waals surface area contributed by atoms with Crippen molar-refractivity contribution < 1.29 is 37.9 Å². The zero-order valence-electron chi connectivity index (χ0n) is 37.1. The number of hydrogen-bond acceptors (Lipinski definition) is 12. The summed E-state index contributed by atoms with van der Waals surface area (Å²) in [5, 5.41) is 13.4. The Balaban J connectivity index is 0.837. The molecule has 5 aromatic rings. The lowest BCUT2D eigenvalue weighted by atomic mass is 9.94. The van der Waals surface area contributed by atoms with Gasteiger partial charge in [-0.1, -0.05) is 42.5 Å². The first kappa shape index (κ1) is 44.8. The Hall–Kier alpha value is -7.38. The van der Waals surface area contributed by atoms with Gasteiger partial charge in [-0.2, -0.15) is 5.10 Å². The maximum Gasteiger partial charge on any atom is 0.320 e. The summed E-state index contributed by atoms with van der Waals surface area (Å²) in [6, 6.07) is 19.1. The van der Waals surface area contributed by atoms with Crippen LogP contribution in [0.3, 0.4) is 0 Å². The molecule has 4 aliphatic heterocycles. The highest BCUT2D eigenvalue weighted by Gasteiger charge is 2.45. The quantitative estimate of drug-likeness (QED) is 0.145. The molecule has 19 heteroatoms. The largest absolute Gasteiger partial charge is 0.383 e. The number of urea groups is 1. The predicted octanol–water partition coefficient (Wildman–Crippen LogP) is 3.70. The lowest BCUT2D eigenvalue weighted by Crippen LogP contribution is -2.54. The number of aromatic nitrogens is 4. The number of piperazine rings is 1. The number of halogens is 1. The third kappa shape index (κ3) is 9.24. The highest BCUT2D eigenvalue weighted by molar-refractivity contribution is 6.24. The van der Waals surface area contributed by atoms with E-state index in [1.165, 1.54) is 18.2 Å². The topological polar surface area (TPSA) is 204 Å². The van der Waals surface area contributed by atoms with Crippen molar-refractivity contribution in [3.63, 3.8) is 0 Å². The van der Waals surface area contributed by atoms with Gasteiger partial charge in [0, 0.05) is 95.2 Å². The van der Waals surface area contributed by atoms with E-state index in [9.17, 15) is 33.2 Å². The molecule has 4 aliphatic rings. The zero-order chi connectivity index (χ0) is 46.8. The Labute approximate surface area is 385 Å². The van der Waals surface area contributed by atoms with Crippen LogP contribution >= 0.6 is 0 Å². The van der Waals surface area contributed by atoms with Crippen LogP contribution in [0.1, 0.15) is 62.6 Å². The molecular weight excluding hydrogens is 862 g/mol. The molecule has 0 saturated carbocycles. The third-order valence-corrected chi connectivity index (χ3v) is 12.9. The van der Waals surface area contributed by atoms with E-state index in [2.05, 4.69) is 20.9 Å². The van der Waals surface area contributed by atoms with Crippen molar-refractivity contribution in [2.45, 2.75) is 50.6 Å². The van der Waals surface area contributed by atoms with E-state index >= 15 is 0 Å². The number of aryl methyl sites for hydroxylation is 1. The summed E-state index contributed by atoms with van der Waals surface area (Å²) < 4.78 is 21.3. The summed E-state index contributed by atoms with van der Waals surface area (Å²) in [5.41, 5.74) is 4.36. The molecule has 1 unspecified atom stereocenters. The van der Waals surface area contributed by atoms with Crippen molar-refractivity contribution >= 4 is 47.3 Å². The first-order valence-corrected chi connectivity index (χ1v) is 22.3. The molecule has 18 nitrogen and oxygen atoms in total. The molecule has 3 N–H and O–H groups in total. The van der Waals surface area contributed by atoms with E-state index in [0.29, 0.717) is 86.6 Å². The summed E-state index contributed by atoms with van der Waals surface area (Å²) in [6.07, 6.45) is 3.80. The summed E-state index contributed by atoms with van der Waals surface area (Å²) >= 11 is 0. The fourth-order valence-electron chi connectivity index (χ4n) is 9.45. The molecule has 3 fully saturated rings. The number of benzene rings is 3. The molecule has 0 radical (unpaired) electrons. The molecule has 9 rings (SSSR count). The Kier molecular flexibility index (Phi) is 12.9.